The van der Waals surface area contributed by atoms with Gasteiger partial charge >= 0.3 is 0 Å². The predicted octanol–water partition coefficient (Wildman–Crippen LogP) is 4.20. The second-order valence-electron chi connectivity index (χ2n) is 4.09. The second-order valence-corrected chi connectivity index (χ2v) is 4.09. The van der Waals surface area contributed by atoms with Crippen molar-refractivity contribution >= 4 is 21.7 Å². The Bertz CT molecular complexity index is 647. The molecule has 0 aliphatic heterocycles. The molecule has 0 aliphatic rings. The van der Waals surface area contributed by atoms with Gasteiger partial charge in [0.25, 0.3) is 0 Å². The lowest BCUT2D eigenvalue weighted by atomic mass is 10.0. The van der Waals surface area contributed by atoms with Crippen LogP contribution in [0.5, 0.6) is 0 Å². The molecule has 0 unspecified atom stereocenters. The number of furan rings is 1. The Balaban J connectivity index is 2.57. The van der Waals surface area contributed by atoms with Crippen molar-refractivity contribution in [3.05, 3.63) is 47.7 Å². The Kier molecular flexibility index (Phi) is 1.63. The molecule has 0 saturated heterocycles. The van der Waals surface area contributed by atoms with Gasteiger partial charge in [0.2, 0.25) is 0 Å². The van der Waals surface area contributed by atoms with Gasteiger partial charge < -0.3 is 4.42 Å². The molecule has 0 amide bonds. The highest BCUT2D eigenvalue weighted by atomic mass is 16.3. The van der Waals surface area contributed by atoms with Crippen molar-refractivity contribution in [1.29, 1.82) is 0 Å². The van der Waals surface area contributed by atoms with Crippen molar-refractivity contribution in [2.24, 2.45) is 0 Å². The highest BCUT2D eigenvalue weighted by Crippen LogP contribution is 2.29. The highest BCUT2D eigenvalue weighted by molar-refractivity contribution is 6.05. The van der Waals surface area contributed by atoms with E-state index in [0.29, 0.717) is 0 Å². The zero-order valence-electron chi connectivity index (χ0n) is 8.87. The number of hydrogen-bond donors (Lipinski definition) is 0. The average molecular weight is 196 g/mol. The number of aryl methyl sites for hydroxylation is 2. The Labute approximate surface area is 88.3 Å². The fourth-order valence-electron chi connectivity index (χ4n) is 2.05. The Morgan fingerprint density at radius 1 is 0.933 bits per heavy atom. The maximum Gasteiger partial charge on any atom is 0.141 e. The summed E-state index contributed by atoms with van der Waals surface area (Å²) >= 11 is 0. The van der Waals surface area contributed by atoms with Gasteiger partial charge in [-0.3, -0.25) is 0 Å². The number of fused-ring (bicyclic) bond motifs is 3. The monoisotopic (exact) mass is 196 g/mol. The van der Waals surface area contributed by atoms with Crippen LogP contribution in [-0.2, 0) is 0 Å². The smallest absolute Gasteiger partial charge is 0.141 e. The molecule has 1 heterocycles. The summed E-state index contributed by atoms with van der Waals surface area (Å²) in [6, 6.07) is 10.7. The predicted molar refractivity (Wildman–Crippen MR) is 63.2 cm³/mol. The first-order valence-corrected chi connectivity index (χ1v) is 5.13. The molecule has 3 rings (SSSR count). The number of rotatable bonds is 0. The van der Waals surface area contributed by atoms with Gasteiger partial charge in [0.1, 0.15) is 5.58 Å². The SMILES string of the molecule is Cc1ccc2ccc3c(C)coc3c2c1. The van der Waals surface area contributed by atoms with Crippen LogP contribution >= 0.6 is 0 Å². The molecule has 0 saturated carbocycles. The first kappa shape index (κ1) is 8.54. The van der Waals surface area contributed by atoms with Crippen molar-refractivity contribution in [3.8, 4) is 0 Å². The molecule has 1 aromatic heterocycles. The van der Waals surface area contributed by atoms with Gasteiger partial charge in [0.05, 0.1) is 6.26 Å². The van der Waals surface area contributed by atoms with Crippen molar-refractivity contribution in [1.82, 2.24) is 0 Å². The zero-order chi connectivity index (χ0) is 10.4. The molecule has 0 spiro atoms. The van der Waals surface area contributed by atoms with E-state index in [4.69, 9.17) is 4.42 Å². The van der Waals surface area contributed by atoms with Crippen LogP contribution in [0.2, 0.25) is 0 Å². The number of benzene rings is 2. The van der Waals surface area contributed by atoms with E-state index < -0.39 is 0 Å². The van der Waals surface area contributed by atoms with E-state index >= 15 is 0 Å². The summed E-state index contributed by atoms with van der Waals surface area (Å²) in [5.74, 6) is 0. The minimum atomic E-state index is 1.01. The van der Waals surface area contributed by atoms with Crippen LogP contribution in [0.1, 0.15) is 11.1 Å². The normalized spacial score (nSPS) is 11.3. The molecule has 3 aromatic rings. The summed E-state index contributed by atoms with van der Waals surface area (Å²) in [5.41, 5.74) is 3.48. The molecule has 2 aromatic carbocycles. The minimum Gasteiger partial charge on any atom is -0.463 e. The van der Waals surface area contributed by atoms with Gasteiger partial charge in [-0.2, -0.15) is 0 Å². The first-order chi connectivity index (χ1) is 7.25. The molecule has 15 heavy (non-hydrogen) atoms. The molecule has 1 heteroatoms. The maximum atomic E-state index is 5.62. The van der Waals surface area contributed by atoms with Gasteiger partial charge in [-0.25, -0.2) is 0 Å². The van der Waals surface area contributed by atoms with E-state index in [2.05, 4.69) is 44.2 Å². The second kappa shape index (κ2) is 2.86. The molecule has 1 nitrogen and oxygen atoms in total. The summed E-state index contributed by atoms with van der Waals surface area (Å²) in [6.07, 6.45) is 1.83. The third-order valence-corrected chi connectivity index (χ3v) is 2.91. The molecular weight excluding hydrogens is 184 g/mol. The maximum absolute atomic E-state index is 5.62. The summed E-state index contributed by atoms with van der Waals surface area (Å²) < 4.78 is 5.62. The Morgan fingerprint density at radius 3 is 2.60 bits per heavy atom. The van der Waals surface area contributed by atoms with E-state index in [1.807, 2.05) is 6.26 Å². The molecule has 0 N–H and O–H groups in total. The molecule has 0 radical (unpaired) electrons. The number of hydrogen-bond acceptors (Lipinski definition) is 1. The van der Waals surface area contributed by atoms with Crippen molar-refractivity contribution < 1.29 is 4.42 Å². The Hall–Kier alpha value is -1.76. The van der Waals surface area contributed by atoms with E-state index in [1.165, 1.54) is 27.3 Å². The van der Waals surface area contributed by atoms with Crippen LogP contribution in [0.15, 0.2) is 41.0 Å². The van der Waals surface area contributed by atoms with Gasteiger partial charge in [-0.1, -0.05) is 29.8 Å². The van der Waals surface area contributed by atoms with Gasteiger partial charge in [-0.05, 0) is 30.9 Å². The van der Waals surface area contributed by atoms with Gasteiger partial charge in [0.15, 0.2) is 0 Å². The van der Waals surface area contributed by atoms with Crippen LogP contribution < -0.4 is 0 Å². The third-order valence-electron chi connectivity index (χ3n) is 2.91. The lowest BCUT2D eigenvalue weighted by Gasteiger charge is -2.00. The highest BCUT2D eigenvalue weighted by Gasteiger charge is 2.05. The van der Waals surface area contributed by atoms with E-state index in [1.54, 1.807) is 0 Å². The Morgan fingerprint density at radius 2 is 1.73 bits per heavy atom. The average Bonchev–Trinajstić information content (AvgIpc) is 2.61. The molecule has 74 valence electrons. The molecule has 0 fully saturated rings. The van der Waals surface area contributed by atoms with Crippen LogP contribution in [0.25, 0.3) is 21.7 Å². The van der Waals surface area contributed by atoms with E-state index in [0.717, 1.165) is 5.58 Å². The summed E-state index contributed by atoms with van der Waals surface area (Å²) in [5, 5.41) is 3.66. The molecule has 0 atom stereocenters. The lowest BCUT2D eigenvalue weighted by molar-refractivity contribution is 0.616. The van der Waals surface area contributed by atoms with Gasteiger partial charge in [0, 0.05) is 10.8 Å². The van der Waals surface area contributed by atoms with Crippen molar-refractivity contribution in [3.63, 3.8) is 0 Å². The topological polar surface area (TPSA) is 13.1 Å². The molecule has 0 aliphatic carbocycles. The molecule has 0 bridgehead atoms. The van der Waals surface area contributed by atoms with E-state index in [-0.39, 0.29) is 0 Å². The summed E-state index contributed by atoms with van der Waals surface area (Å²) in [6.45, 7) is 4.18. The van der Waals surface area contributed by atoms with Crippen LogP contribution in [0.3, 0.4) is 0 Å². The lowest BCUT2D eigenvalue weighted by Crippen LogP contribution is -1.76. The minimum absolute atomic E-state index is 1.01. The standard InChI is InChI=1S/C14H12O/c1-9-3-4-11-5-6-12-10(2)8-15-14(12)13(11)7-9/h3-8H,1-2H3. The quantitative estimate of drug-likeness (QED) is 0.525. The van der Waals surface area contributed by atoms with Crippen molar-refractivity contribution in [2.75, 3.05) is 0 Å². The van der Waals surface area contributed by atoms with Crippen molar-refractivity contribution in [2.45, 2.75) is 13.8 Å². The third kappa shape index (κ3) is 1.16. The van der Waals surface area contributed by atoms with Crippen LogP contribution in [0, 0.1) is 13.8 Å². The van der Waals surface area contributed by atoms with Gasteiger partial charge in [-0.15, -0.1) is 0 Å². The van der Waals surface area contributed by atoms with E-state index in [9.17, 15) is 0 Å². The fourth-order valence-corrected chi connectivity index (χ4v) is 2.05. The summed E-state index contributed by atoms with van der Waals surface area (Å²) in [4.78, 5) is 0. The fraction of sp³-hybridized carbons (Fsp3) is 0.143. The zero-order valence-corrected chi connectivity index (χ0v) is 8.87. The largest absolute Gasteiger partial charge is 0.463 e. The first-order valence-electron chi connectivity index (χ1n) is 5.13. The van der Waals surface area contributed by atoms with Crippen LogP contribution in [-0.4, -0.2) is 0 Å². The van der Waals surface area contributed by atoms with Crippen LogP contribution in [0.4, 0.5) is 0 Å². The molecular formula is C14H12O. The summed E-state index contributed by atoms with van der Waals surface area (Å²) in [7, 11) is 0.